The molecule has 3 rings (SSSR count). The highest BCUT2D eigenvalue weighted by Gasteiger charge is 2.29. The maximum atomic E-state index is 11.6. The molecule has 0 spiro atoms. The molecule has 1 aromatic heterocycles. The molecule has 27 heavy (non-hydrogen) atoms. The van der Waals surface area contributed by atoms with E-state index in [4.69, 9.17) is 0 Å². The topological polar surface area (TPSA) is 75.4 Å². The predicted octanol–water partition coefficient (Wildman–Crippen LogP) is 1.99. The molecule has 0 saturated carbocycles. The Morgan fingerprint density at radius 2 is 1.85 bits per heavy atom. The second-order valence-corrected chi connectivity index (χ2v) is 9.96. The summed E-state index contributed by atoms with van der Waals surface area (Å²) in [7, 11) is -1.19. The molecule has 2 heterocycles. The Morgan fingerprint density at radius 3 is 2.37 bits per heavy atom. The van der Waals surface area contributed by atoms with Gasteiger partial charge in [0.2, 0.25) is 0 Å². The second kappa shape index (κ2) is 7.73. The Bertz CT molecular complexity index is 864. The standard InChI is InChI=1S/C20H29N3O3S/c1-20(24,17-4-6-18(7-5-17)27(3,25)26)15-23-11-8-16(9-12-23)14-19-21-10-13-22(19)2/h4-7,10,13,16,24H,8-9,11-12,14-15H2,1-3H3. The third-order valence-corrected chi connectivity index (χ3v) is 6.66. The van der Waals surface area contributed by atoms with Crippen molar-refractivity contribution < 1.29 is 13.5 Å². The average molecular weight is 392 g/mol. The number of likely N-dealkylation sites (tertiary alicyclic amines) is 1. The van der Waals surface area contributed by atoms with Gasteiger partial charge in [0.05, 0.1) is 10.5 Å². The Labute approximate surface area is 161 Å². The molecule has 0 aliphatic carbocycles. The summed E-state index contributed by atoms with van der Waals surface area (Å²) in [5, 5.41) is 10.9. The van der Waals surface area contributed by atoms with Crippen LogP contribution in [0.4, 0.5) is 0 Å². The van der Waals surface area contributed by atoms with Crippen molar-refractivity contribution in [2.24, 2.45) is 13.0 Å². The summed E-state index contributed by atoms with van der Waals surface area (Å²) in [4.78, 5) is 6.99. The molecule has 1 aliphatic rings. The molecule has 1 atom stereocenters. The van der Waals surface area contributed by atoms with E-state index < -0.39 is 15.4 Å². The van der Waals surface area contributed by atoms with Gasteiger partial charge in [0.15, 0.2) is 9.84 Å². The first kappa shape index (κ1) is 20.0. The number of piperidine rings is 1. The minimum absolute atomic E-state index is 0.275. The van der Waals surface area contributed by atoms with Gasteiger partial charge in [0.25, 0.3) is 0 Å². The van der Waals surface area contributed by atoms with E-state index in [0.717, 1.165) is 43.7 Å². The van der Waals surface area contributed by atoms with Gasteiger partial charge in [-0.3, -0.25) is 0 Å². The first-order valence-corrected chi connectivity index (χ1v) is 11.3. The van der Waals surface area contributed by atoms with Crippen LogP contribution in [0.5, 0.6) is 0 Å². The van der Waals surface area contributed by atoms with Crippen molar-refractivity contribution in [2.45, 2.75) is 36.7 Å². The van der Waals surface area contributed by atoms with Crippen LogP contribution in [0.15, 0.2) is 41.6 Å². The molecule has 1 aliphatic heterocycles. The summed E-state index contributed by atoms with van der Waals surface area (Å²) in [6.07, 6.45) is 8.20. The van der Waals surface area contributed by atoms with Crippen LogP contribution in [0.1, 0.15) is 31.2 Å². The van der Waals surface area contributed by atoms with Gasteiger partial charge in [-0.05, 0) is 56.5 Å². The van der Waals surface area contributed by atoms with Crippen LogP contribution in [-0.4, -0.2) is 53.9 Å². The van der Waals surface area contributed by atoms with Crippen LogP contribution >= 0.6 is 0 Å². The SMILES string of the molecule is Cn1ccnc1CC1CCN(CC(C)(O)c2ccc(S(C)(=O)=O)cc2)CC1. The lowest BCUT2D eigenvalue weighted by atomic mass is 9.90. The zero-order valence-electron chi connectivity index (χ0n) is 16.3. The highest BCUT2D eigenvalue weighted by atomic mass is 32.2. The maximum Gasteiger partial charge on any atom is 0.175 e. The Hall–Kier alpha value is -1.70. The molecular formula is C20H29N3O3S. The molecule has 0 bridgehead atoms. The average Bonchev–Trinajstić information content (AvgIpc) is 3.01. The lowest BCUT2D eigenvalue weighted by Crippen LogP contribution is -2.43. The van der Waals surface area contributed by atoms with Crippen LogP contribution in [0.2, 0.25) is 0 Å². The number of hydrogen-bond donors (Lipinski definition) is 1. The summed E-state index contributed by atoms with van der Waals surface area (Å²) in [5.41, 5.74) is -0.271. The van der Waals surface area contributed by atoms with Crippen LogP contribution in [0, 0.1) is 5.92 Å². The monoisotopic (exact) mass is 391 g/mol. The van der Waals surface area contributed by atoms with E-state index in [2.05, 4.69) is 14.5 Å². The smallest absolute Gasteiger partial charge is 0.175 e. The molecule has 1 N–H and O–H groups in total. The summed E-state index contributed by atoms with van der Waals surface area (Å²) in [6, 6.07) is 6.56. The van der Waals surface area contributed by atoms with E-state index >= 15 is 0 Å². The van der Waals surface area contributed by atoms with Crippen LogP contribution in [0.3, 0.4) is 0 Å². The van der Waals surface area contributed by atoms with Crippen LogP contribution < -0.4 is 0 Å². The Kier molecular flexibility index (Phi) is 5.74. The predicted molar refractivity (Wildman–Crippen MR) is 105 cm³/mol. The summed E-state index contributed by atoms with van der Waals surface area (Å²) < 4.78 is 25.3. The number of hydrogen-bond acceptors (Lipinski definition) is 5. The summed E-state index contributed by atoms with van der Waals surface area (Å²) in [5.74, 6) is 1.76. The molecule has 7 heteroatoms. The number of imidazole rings is 1. The molecule has 2 aromatic rings. The van der Waals surface area contributed by atoms with Gasteiger partial charge in [-0.1, -0.05) is 12.1 Å². The van der Waals surface area contributed by atoms with Crippen molar-refractivity contribution in [1.29, 1.82) is 0 Å². The van der Waals surface area contributed by atoms with Crippen molar-refractivity contribution in [2.75, 3.05) is 25.9 Å². The van der Waals surface area contributed by atoms with Crippen LogP contribution in [0.25, 0.3) is 0 Å². The van der Waals surface area contributed by atoms with Crippen molar-refractivity contribution in [3.63, 3.8) is 0 Å². The number of nitrogens with zero attached hydrogens (tertiary/aromatic N) is 3. The van der Waals surface area contributed by atoms with E-state index in [9.17, 15) is 13.5 Å². The fraction of sp³-hybridized carbons (Fsp3) is 0.550. The fourth-order valence-electron chi connectivity index (χ4n) is 3.79. The van der Waals surface area contributed by atoms with Gasteiger partial charge < -0.3 is 14.6 Å². The zero-order chi connectivity index (χ0) is 19.7. The van der Waals surface area contributed by atoms with E-state index in [1.54, 1.807) is 31.2 Å². The normalized spacial score (nSPS) is 19.1. The summed E-state index contributed by atoms with van der Waals surface area (Å²) in [6.45, 7) is 4.24. The van der Waals surface area contributed by atoms with Gasteiger partial charge in [0.1, 0.15) is 5.82 Å². The van der Waals surface area contributed by atoms with Gasteiger partial charge in [-0.25, -0.2) is 13.4 Å². The largest absolute Gasteiger partial charge is 0.384 e. The minimum Gasteiger partial charge on any atom is -0.384 e. The summed E-state index contributed by atoms with van der Waals surface area (Å²) >= 11 is 0. The number of rotatable bonds is 6. The van der Waals surface area contributed by atoms with Crippen molar-refractivity contribution in [3.05, 3.63) is 48.0 Å². The second-order valence-electron chi connectivity index (χ2n) is 7.95. The molecule has 0 amide bonds. The quantitative estimate of drug-likeness (QED) is 0.815. The van der Waals surface area contributed by atoms with Crippen molar-refractivity contribution in [3.8, 4) is 0 Å². The lowest BCUT2D eigenvalue weighted by Gasteiger charge is -2.36. The van der Waals surface area contributed by atoms with Crippen LogP contribution in [-0.2, 0) is 28.9 Å². The Balaban J connectivity index is 1.56. The molecule has 6 nitrogen and oxygen atoms in total. The number of benzene rings is 1. The highest BCUT2D eigenvalue weighted by Crippen LogP contribution is 2.27. The van der Waals surface area contributed by atoms with E-state index in [0.29, 0.717) is 12.5 Å². The first-order valence-electron chi connectivity index (χ1n) is 9.37. The van der Waals surface area contributed by atoms with E-state index in [1.807, 2.05) is 19.4 Å². The molecule has 148 valence electrons. The highest BCUT2D eigenvalue weighted by molar-refractivity contribution is 7.90. The molecular weight excluding hydrogens is 362 g/mol. The van der Waals surface area contributed by atoms with Gasteiger partial charge in [-0.2, -0.15) is 0 Å². The fourth-order valence-corrected chi connectivity index (χ4v) is 4.42. The molecule has 1 unspecified atom stereocenters. The molecule has 1 aromatic carbocycles. The third kappa shape index (κ3) is 4.97. The zero-order valence-corrected chi connectivity index (χ0v) is 17.1. The number of aromatic nitrogens is 2. The van der Waals surface area contributed by atoms with Gasteiger partial charge in [-0.15, -0.1) is 0 Å². The minimum atomic E-state index is -3.22. The molecule has 1 saturated heterocycles. The molecule has 0 radical (unpaired) electrons. The number of aliphatic hydroxyl groups is 1. The number of sulfone groups is 1. The van der Waals surface area contributed by atoms with E-state index in [1.165, 1.54) is 6.26 Å². The van der Waals surface area contributed by atoms with Crippen molar-refractivity contribution in [1.82, 2.24) is 14.5 Å². The van der Waals surface area contributed by atoms with E-state index in [-0.39, 0.29) is 4.90 Å². The van der Waals surface area contributed by atoms with Gasteiger partial charge >= 0.3 is 0 Å². The van der Waals surface area contributed by atoms with Crippen molar-refractivity contribution >= 4 is 9.84 Å². The number of β-amino-alcohol motifs (C(OH)–C–C–N with tert-alkyl or cyclic N) is 1. The maximum absolute atomic E-state index is 11.6. The molecule has 1 fully saturated rings. The van der Waals surface area contributed by atoms with Gasteiger partial charge in [0, 0.05) is 38.7 Å². The Morgan fingerprint density at radius 1 is 1.22 bits per heavy atom. The number of aryl methyl sites for hydroxylation is 1. The first-order chi connectivity index (χ1) is 12.6. The third-order valence-electron chi connectivity index (χ3n) is 5.54. The lowest BCUT2D eigenvalue weighted by molar-refractivity contribution is 0.00559.